The number of hydrogen-bond acceptors (Lipinski definition) is 9. The second-order valence-electron chi connectivity index (χ2n) is 9.96. The molecule has 0 spiro atoms. The Bertz CT molecular complexity index is 1530. The molecule has 252 valence electrons. The monoisotopic (exact) mass is 734 g/mol. The molecule has 0 saturated carbocycles. The highest BCUT2D eigenvalue weighted by Gasteiger charge is 2.32. The topological polar surface area (TPSA) is 136 Å². The van der Waals surface area contributed by atoms with Crippen molar-refractivity contribution in [1.29, 1.82) is 0 Å². The lowest BCUT2D eigenvalue weighted by molar-refractivity contribution is -0.140. The zero-order chi connectivity index (χ0) is 33.8. The summed E-state index contributed by atoms with van der Waals surface area (Å²) in [7, 11) is -1.82. The molecule has 45 heavy (non-hydrogen) atoms. The minimum atomic E-state index is -3.32. The molecule has 2 saturated heterocycles. The standard InChI is InChI=1S/C14H17ClFNO4S.C12H13ClFNO2.C2H5ClO2S/c1-2-22(19,20)17-7-3-4-10(9-17)14(18)21-11-5-6-12(15)13(16)8-11;13-10-4-3-9(6-11(10)14)17-12(16)8-2-1-5-15-7-8;1-2-6(3,4)5/h5-6,8,10H,2-4,7,9H2,1H3;3-4,6,8,15H,1-2,5,7H2;2H2,1H3/t10-;8-;/m00./s1. The van der Waals surface area contributed by atoms with Gasteiger partial charge in [0.05, 0.1) is 33.4 Å². The summed E-state index contributed by atoms with van der Waals surface area (Å²) in [4.78, 5) is 23.9. The summed E-state index contributed by atoms with van der Waals surface area (Å²) >= 11 is 11.1. The summed E-state index contributed by atoms with van der Waals surface area (Å²) in [6.45, 7) is 5.12. The number of esters is 2. The SMILES string of the molecule is CCS(=O)(=O)Cl.CCS(=O)(=O)N1CCC[C@H](C(=O)Oc2ccc(Cl)c(F)c2)C1.O=C(Oc1ccc(Cl)c(F)c1)[C@H]1CCCNC1. The van der Waals surface area contributed by atoms with Crippen LogP contribution in [0.2, 0.25) is 10.0 Å². The molecule has 17 heteroatoms. The van der Waals surface area contributed by atoms with E-state index in [0.717, 1.165) is 31.5 Å². The second-order valence-corrected chi connectivity index (χ2v) is 16.1. The van der Waals surface area contributed by atoms with Crippen LogP contribution in [0.15, 0.2) is 36.4 Å². The number of carbonyl (C=O) groups is 2. The lowest BCUT2D eigenvalue weighted by atomic mass is 10.00. The first-order valence-corrected chi connectivity index (χ1v) is 18.8. The number of piperidine rings is 2. The highest BCUT2D eigenvalue weighted by molar-refractivity contribution is 8.13. The third-order valence-electron chi connectivity index (χ3n) is 6.67. The number of benzene rings is 2. The van der Waals surface area contributed by atoms with Gasteiger partial charge in [-0.05, 0) is 63.4 Å². The molecule has 2 fully saturated rings. The van der Waals surface area contributed by atoms with E-state index in [-0.39, 0.29) is 51.5 Å². The van der Waals surface area contributed by atoms with Crippen molar-refractivity contribution in [1.82, 2.24) is 9.62 Å². The van der Waals surface area contributed by atoms with E-state index in [4.69, 9.17) is 32.7 Å². The number of nitrogens with zero attached hydrogens (tertiary/aromatic N) is 1. The summed E-state index contributed by atoms with van der Waals surface area (Å²) in [5.41, 5.74) is 0. The number of carbonyl (C=O) groups excluding carboxylic acids is 2. The fourth-order valence-corrected chi connectivity index (χ4v) is 5.52. The van der Waals surface area contributed by atoms with Gasteiger partial charge in [0.25, 0.3) is 0 Å². The smallest absolute Gasteiger partial charge is 0.315 e. The molecular weight excluding hydrogens is 701 g/mol. The van der Waals surface area contributed by atoms with Crippen molar-refractivity contribution in [2.75, 3.05) is 37.7 Å². The number of sulfonamides is 1. The van der Waals surface area contributed by atoms with Gasteiger partial charge in [-0.25, -0.2) is 29.9 Å². The van der Waals surface area contributed by atoms with Gasteiger partial charge in [-0.1, -0.05) is 30.1 Å². The van der Waals surface area contributed by atoms with Crippen molar-refractivity contribution in [2.24, 2.45) is 11.8 Å². The zero-order valence-electron chi connectivity index (χ0n) is 24.6. The Balaban J connectivity index is 0.000000272. The van der Waals surface area contributed by atoms with Crippen LogP contribution in [0.4, 0.5) is 8.78 Å². The van der Waals surface area contributed by atoms with Crippen molar-refractivity contribution in [2.45, 2.75) is 39.5 Å². The first kappa shape index (κ1) is 39.1. The van der Waals surface area contributed by atoms with Crippen LogP contribution in [0.5, 0.6) is 11.5 Å². The molecule has 4 rings (SSSR count). The third kappa shape index (κ3) is 13.7. The van der Waals surface area contributed by atoms with Gasteiger partial charge < -0.3 is 14.8 Å². The number of ether oxygens (including phenoxy) is 2. The van der Waals surface area contributed by atoms with Crippen LogP contribution >= 0.6 is 33.9 Å². The lowest BCUT2D eigenvalue weighted by Gasteiger charge is -2.30. The number of nitrogens with one attached hydrogen (secondary N) is 1. The first-order chi connectivity index (χ1) is 21.1. The maximum Gasteiger partial charge on any atom is 0.315 e. The van der Waals surface area contributed by atoms with Crippen molar-refractivity contribution < 1.29 is 44.7 Å². The number of halogens is 5. The van der Waals surface area contributed by atoms with E-state index in [2.05, 4.69) is 16.0 Å². The van der Waals surface area contributed by atoms with Crippen LogP contribution in [0.1, 0.15) is 39.5 Å². The van der Waals surface area contributed by atoms with Gasteiger partial charge in [-0.3, -0.25) is 9.59 Å². The minimum Gasteiger partial charge on any atom is -0.426 e. The molecule has 0 aliphatic carbocycles. The summed E-state index contributed by atoms with van der Waals surface area (Å²) < 4.78 is 81.3. The predicted molar refractivity (Wildman–Crippen MR) is 169 cm³/mol. The molecule has 0 bridgehead atoms. The van der Waals surface area contributed by atoms with Crippen molar-refractivity contribution >= 4 is 64.9 Å². The molecule has 2 aromatic carbocycles. The van der Waals surface area contributed by atoms with E-state index in [0.29, 0.717) is 25.9 Å². The Morgan fingerprint density at radius 3 is 1.78 bits per heavy atom. The molecule has 0 radical (unpaired) electrons. The van der Waals surface area contributed by atoms with Gasteiger partial charge in [-0.2, -0.15) is 0 Å². The summed E-state index contributed by atoms with van der Waals surface area (Å²) in [6.07, 6.45) is 2.90. The van der Waals surface area contributed by atoms with Gasteiger partial charge in [0.2, 0.25) is 19.1 Å². The summed E-state index contributed by atoms with van der Waals surface area (Å²) in [5, 5.41) is 3.09. The van der Waals surface area contributed by atoms with Gasteiger partial charge in [0.1, 0.15) is 23.1 Å². The van der Waals surface area contributed by atoms with Gasteiger partial charge >= 0.3 is 11.9 Å². The summed E-state index contributed by atoms with van der Waals surface area (Å²) in [5.74, 6) is -2.58. The fourth-order valence-electron chi connectivity index (χ4n) is 4.10. The first-order valence-electron chi connectivity index (χ1n) is 14.0. The molecule has 2 aromatic rings. The van der Waals surface area contributed by atoms with E-state index in [1.807, 2.05) is 0 Å². The van der Waals surface area contributed by atoms with E-state index in [1.54, 1.807) is 6.92 Å². The van der Waals surface area contributed by atoms with E-state index in [9.17, 15) is 35.2 Å². The molecule has 0 aromatic heterocycles. The molecule has 2 aliphatic rings. The molecule has 2 atom stereocenters. The van der Waals surface area contributed by atoms with E-state index < -0.39 is 42.6 Å². The number of hydrogen-bond donors (Lipinski definition) is 1. The van der Waals surface area contributed by atoms with Gasteiger partial charge in [-0.15, -0.1) is 0 Å². The van der Waals surface area contributed by atoms with Crippen LogP contribution in [0.25, 0.3) is 0 Å². The fraction of sp³-hybridized carbons (Fsp3) is 0.500. The Kier molecular flexibility index (Phi) is 15.9. The van der Waals surface area contributed by atoms with E-state index >= 15 is 0 Å². The van der Waals surface area contributed by atoms with Crippen LogP contribution in [-0.2, 0) is 28.7 Å². The minimum absolute atomic E-state index is 0.00281. The average Bonchev–Trinajstić information content (AvgIpc) is 3.01. The molecule has 0 amide bonds. The third-order valence-corrected chi connectivity index (χ3v) is 10.5. The molecule has 2 aliphatic heterocycles. The summed E-state index contributed by atoms with van der Waals surface area (Å²) in [6, 6.07) is 7.71. The average molecular weight is 736 g/mol. The second kappa shape index (κ2) is 18.3. The van der Waals surface area contributed by atoms with Crippen LogP contribution < -0.4 is 14.8 Å². The highest BCUT2D eigenvalue weighted by atomic mass is 35.7. The van der Waals surface area contributed by atoms with Crippen LogP contribution in [0, 0.1) is 23.5 Å². The Morgan fingerprint density at radius 1 is 0.867 bits per heavy atom. The van der Waals surface area contributed by atoms with E-state index in [1.165, 1.54) is 35.5 Å². The van der Waals surface area contributed by atoms with Crippen molar-refractivity contribution in [3.8, 4) is 11.5 Å². The normalized spacial score (nSPS) is 18.8. The Morgan fingerprint density at radius 2 is 1.36 bits per heavy atom. The number of rotatable bonds is 7. The largest absolute Gasteiger partial charge is 0.426 e. The van der Waals surface area contributed by atoms with Crippen molar-refractivity contribution in [3.05, 3.63) is 58.1 Å². The molecule has 1 N–H and O–H groups in total. The Labute approximate surface area is 276 Å². The lowest BCUT2D eigenvalue weighted by Crippen LogP contribution is -2.43. The maximum atomic E-state index is 13.3. The zero-order valence-corrected chi connectivity index (χ0v) is 28.5. The molecular formula is C28H35Cl3F2N2O8S2. The molecule has 2 heterocycles. The van der Waals surface area contributed by atoms with Gasteiger partial charge in [0, 0.05) is 42.4 Å². The Hall–Kier alpha value is -2.07. The van der Waals surface area contributed by atoms with Crippen LogP contribution in [0.3, 0.4) is 0 Å². The molecule has 0 unspecified atom stereocenters. The maximum absolute atomic E-state index is 13.3. The van der Waals surface area contributed by atoms with Crippen LogP contribution in [-0.4, -0.2) is 70.8 Å². The quantitative estimate of drug-likeness (QED) is 0.225. The predicted octanol–water partition coefficient (Wildman–Crippen LogP) is 5.41. The van der Waals surface area contributed by atoms with Crippen molar-refractivity contribution in [3.63, 3.8) is 0 Å². The van der Waals surface area contributed by atoms with Gasteiger partial charge in [0.15, 0.2) is 0 Å². The highest BCUT2D eigenvalue weighted by Crippen LogP contribution is 2.25. The molecule has 10 nitrogen and oxygen atoms in total.